The van der Waals surface area contributed by atoms with Crippen LogP contribution >= 0.6 is 12.2 Å². The van der Waals surface area contributed by atoms with Crippen molar-refractivity contribution < 1.29 is 8.42 Å². The molecule has 0 aromatic heterocycles. The maximum atomic E-state index is 12.0. The second kappa shape index (κ2) is 9.34. The summed E-state index contributed by atoms with van der Waals surface area (Å²) in [4.78, 5) is 4.49. The maximum Gasteiger partial charge on any atom is 0.173 e. The number of nitrogens with zero attached hydrogens (tertiary/aromatic N) is 2. The summed E-state index contributed by atoms with van der Waals surface area (Å²) in [6, 6.07) is 8.86. The Morgan fingerprint density at radius 2 is 1.89 bits per heavy atom. The summed E-state index contributed by atoms with van der Waals surface area (Å²) < 4.78 is 24.0. The Morgan fingerprint density at radius 1 is 1.22 bits per heavy atom. The van der Waals surface area contributed by atoms with Gasteiger partial charge in [0.1, 0.15) is 0 Å². The fraction of sp³-hybridized carbons (Fsp3) is 0.650. The monoisotopic (exact) mass is 411 g/mol. The van der Waals surface area contributed by atoms with Crippen LogP contribution in [0.25, 0.3) is 0 Å². The summed E-state index contributed by atoms with van der Waals surface area (Å²) in [6.07, 6.45) is 0.640. The Hall–Kier alpha value is -1.18. The third-order valence-corrected chi connectivity index (χ3v) is 7.19. The lowest BCUT2D eigenvalue weighted by molar-refractivity contribution is 0.155. The van der Waals surface area contributed by atoms with Gasteiger partial charge in [-0.15, -0.1) is 0 Å². The van der Waals surface area contributed by atoms with E-state index in [1.165, 1.54) is 0 Å². The van der Waals surface area contributed by atoms with Gasteiger partial charge in [0, 0.05) is 36.9 Å². The van der Waals surface area contributed by atoms with Crippen molar-refractivity contribution in [1.82, 2.24) is 9.80 Å². The highest BCUT2D eigenvalue weighted by Crippen LogP contribution is 2.20. The number of hydrogen-bond acceptors (Lipinski definition) is 4. The molecule has 1 N–H and O–H groups in total. The molecule has 1 fully saturated rings. The van der Waals surface area contributed by atoms with Crippen molar-refractivity contribution in [2.45, 2.75) is 59.2 Å². The van der Waals surface area contributed by atoms with E-state index >= 15 is 0 Å². The molecule has 7 heteroatoms. The average Bonchev–Trinajstić information content (AvgIpc) is 2.90. The number of benzene rings is 1. The molecule has 0 amide bonds. The van der Waals surface area contributed by atoms with E-state index in [-0.39, 0.29) is 17.5 Å². The van der Waals surface area contributed by atoms with Crippen molar-refractivity contribution in [2.75, 3.05) is 29.9 Å². The molecule has 5 nitrogen and oxygen atoms in total. The standard InChI is InChI=1S/C20H33N3O2S2/c1-15(2)22(16(3)4)10-11-23(19-9-12-27(24,25)14-19)20(26)21-18-8-6-7-17(5)13-18/h6-8,13,15-16,19H,9-12,14H2,1-5H3,(H,21,26)/t19-/m0/s1. The van der Waals surface area contributed by atoms with Crippen molar-refractivity contribution in [3.63, 3.8) is 0 Å². The topological polar surface area (TPSA) is 52.6 Å². The molecule has 1 aromatic carbocycles. The molecule has 0 spiro atoms. The summed E-state index contributed by atoms with van der Waals surface area (Å²) in [5.74, 6) is 0.436. The average molecular weight is 412 g/mol. The van der Waals surface area contributed by atoms with Crippen molar-refractivity contribution in [1.29, 1.82) is 0 Å². The van der Waals surface area contributed by atoms with E-state index in [1.54, 1.807) is 0 Å². The molecule has 0 aliphatic carbocycles. The minimum absolute atomic E-state index is 0.0546. The maximum absolute atomic E-state index is 12.0. The van der Waals surface area contributed by atoms with E-state index in [2.05, 4.69) is 42.8 Å². The number of sulfone groups is 1. The molecule has 1 aromatic rings. The van der Waals surface area contributed by atoms with Crippen LogP contribution in [0.3, 0.4) is 0 Å². The zero-order valence-corrected chi connectivity index (χ0v) is 18.7. The molecule has 1 saturated heterocycles. The van der Waals surface area contributed by atoms with Gasteiger partial charge in [0.15, 0.2) is 14.9 Å². The van der Waals surface area contributed by atoms with Gasteiger partial charge >= 0.3 is 0 Å². The van der Waals surface area contributed by atoms with Gasteiger partial charge in [-0.25, -0.2) is 8.42 Å². The first-order chi connectivity index (χ1) is 12.6. The van der Waals surface area contributed by atoms with E-state index in [4.69, 9.17) is 12.2 Å². The normalized spacial score (nSPS) is 19.0. The summed E-state index contributed by atoms with van der Waals surface area (Å²) in [6.45, 7) is 12.4. The van der Waals surface area contributed by atoms with Crippen LogP contribution in [0.5, 0.6) is 0 Å². The number of nitrogens with one attached hydrogen (secondary N) is 1. The number of thiocarbonyl (C=S) groups is 1. The van der Waals surface area contributed by atoms with Gasteiger partial charge in [0.25, 0.3) is 0 Å². The zero-order valence-electron chi connectivity index (χ0n) is 17.1. The number of rotatable bonds is 7. The molecule has 0 radical (unpaired) electrons. The van der Waals surface area contributed by atoms with Crippen molar-refractivity contribution in [3.8, 4) is 0 Å². The summed E-state index contributed by atoms with van der Waals surface area (Å²) in [5, 5.41) is 3.92. The summed E-state index contributed by atoms with van der Waals surface area (Å²) >= 11 is 5.70. The molecule has 1 aliphatic rings. The predicted octanol–water partition coefficient (Wildman–Crippen LogP) is 3.30. The van der Waals surface area contributed by atoms with E-state index in [0.717, 1.165) is 17.8 Å². The third-order valence-electron chi connectivity index (χ3n) is 5.11. The van der Waals surface area contributed by atoms with Crippen LogP contribution in [0, 0.1) is 6.92 Å². The first kappa shape index (κ1) is 22.1. The quantitative estimate of drug-likeness (QED) is 0.695. The van der Waals surface area contributed by atoms with Crippen LogP contribution < -0.4 is 5.32 Å². The Morgan fingerprint density at radius 3 is 2.41 bits per heavy atom. The highest BCUT2D eigenvalue weighted by Gasteiger charge is 2.33. The molecular formula is C20H33N3O2S2. The minimum atomic E-state index is -2.97. The highest BCUT2D eigenvalue weighted by atomic mass is 32.2. The Bertz CT molecular complexity index is 739. The lowest BCUT2D eigenvalue weighted by Gasteiger charge is -2.36. The Kier molecular flexibility index (Phi) is 7.65. The minimum Gasteiger partial charge on any atom is -0.344 e. The van der Waals surface area contributed by atoms with Crippen LogP contribution in [0.1, 0.15) is 39.7 Å². The fourth-order valence-corrected chi connectivity index (χ4v) is 5.81. The van der Waals surface area contributed by atoms with Gasteiger partial charge in [-0.1, -0.05) is 12.1 Å². The second-order valence-corrected chi connectivity index (χ2v) is 10.6. The number of hydrogen-bond donors (Lipinski definition) is 1. The van der Waals surface area contributed by atoms with E-state index in [0.29, 0.717) is 30.2 Å². The SMILES string of the molecule is Cc1cccc(NC(=S)N(CCN(C(C)C)C(C)C)[C@H]2CCS(=O)(=O)C2)c1. The molecule has 152 valence electrons. The molecule has 1 heterocycles. The van der Waals surface area contributed by atoms with Crippen LogP contribution in [-0.4, -0.2) is 66.1 Å². The largest absolute Gasteiger partial charge is 0.344 e. The molecule has 1 aliphatic heterocycles. The van der Waals surface area contributed by atoms with Crippen molar-refractivity contribution in [3.05, 3.63) is 29.8 Å². The van der Waals surface area contributed by atoms with Crippen molar-refractivity contribution >= 4 is 32.9 Å². The molecule has 27 heavy (non-hydrogen) atoms. The summed E-state index contributed by atoms with van der Waals surface area (Å²) in [5.41, 5.74) is 2.10. The smallest absolute Gasteiger partial charge is 0.173 e. The van der Waals surface area contributed by atoms with Gasteiger partial charge in [-0.2, -0.15) is 0 Å². The predicted molar refractivity (Wildman–Crippen MR) is 118 cm³/mol. The van der Waals surface area contributed by atoms with Crippen molar-refractivity contribution in [2.24, 2.45) is 0 Å². The molecule has 0 bridgehead atoms. The van der Waals surface area contributed by atoms with Crippen LogP contribution in [0.4, 0.5) is 5.69 Å². The zero-order chi connectivity index (χ0) is 20.2. The van der Waals surface area contributed by atoms with Gasteiger partial charge in [-0.05, 0) is 71.0 Å². The van der Waals surface area contributed by atoms with E-state index in [1.807, 2.05) is 31.2 Å². The lowest BCUT2D eigenvalue weighted by Crippen LogP contribution is -2.49. The number of anilines is 1. The van der Waals surface area contributed by atoms with E-state index in [9.17, 15) is 8.42 Å². The molecular weight excluding hydrogens is 378 g/mol. The summed E-state index contributed by atoms with van der Waals surface area (Å²) in [7, 11) is -2.97. The molecule has 0 unspecified atom stereocenters. The van der Waals surface area contributed by atoms with Crippen LogP contribution in [0.2, 0.25) is 0 Å². The lowest BCUT2D eigenvalue weighted by atomic mass is 10.2. The van der Waals surface area contributed by atoms with Gasteiger partial charge in [-0.3, -0.25) is 4.90 Å². The Labute approximate surface area is 170 Å². The first-order valence-electron chi connectivity index (χ1n) is 9.69. The molecule has 2 rings (SSSR count). The van der Waals surface area contributed by atoms with E-state index < -0.39 is 9.84 Å². The molecule has 1 atom stereocenters. The Balaban J connectivity index is 2.15. The highest BCUT2D eigenvalue weighted by molar-refractivity contribution is 7.91. The first-order valence-corrected chi connectivity index (χ1v) is 11.9. The fourth-order valence-electron chi connectivity index (χ4n) is 3.73. The van der Waals surface area contributed by atoms with Crippen LogP contribution in [0.15, 0.2) is 24.3 Å². The third kappa shape index (κ3) is 6.43. The van der Waals surface area contributed by atoms with Crippen LogP contribution in [-0.2, 0) is 9.84 Å². The second-order valence-electron chi connectivity index (χ2n) is 7.98. The van der Waals surface area contributed by atoms with Gasteiger partial charge in [0.05, 0.1) is 11.5 Å². The van der Waals surface area contributed by atoms with Gasteiger partial charge < -0.3 is 10.2 Å². The van der Waals surface area contributed by atoms with Gasteiger partial charge in [0.2, 0.25) is 0 Å². The number of aryl methyl sites for hydroxylation is 1. The molecule has 0 saturated carbocycles.